The van der Waals surface area contributed by atoms with Gasteiger partial charge in [-0.15, -0.1) is 5.10 Å². The molecule has 19 heavy (non-hydrogen) atoms. The van der Waals surface area contributed by atoms with Gasteiger partial charge in [-0.2, -0.15) is 4.68 Å². The van der Waals surface area contributed by atoms with Crippen molar-refractivity contribution in [3.63, 3.8) is 0 Å². The number of aromatic nitrogens is 3. The van der Waals surface area contributed by atoms with Crippen molar-refractivity contribution in [2.45, 2.75) is 6.42 Å². The lowest BCUT2D eigenvalue weighted by atomic mass is 10.1. The Balaban J connectivity index is 1.90. The monoisotopic (exact) mass is 255 g/mol. The van der Waals surface area contributed by atoms with Crippen LogP contribution in [0.3, 0.4) is 0 Å². The standard InChI is InChI=1S/C14H10FN3O/c15-11-7-5-10(6-8-11)9-14(19)18-13-4-2-1-3-12(13)16-17-18/h1-8H,9H2. The summed E-state index contributed by atoms with van der Waals surface area (Å²) in [7, 11) is 0. The maximum absolute atomic E-state index is 12.8. The highest BCUT2D eigenvalue weighted by atomic mass is 19.1. The first-order chi connectivity index (χ1) is 9.24. The molecule has 0 radical (unpaired) electrons. The molecule has 0 aliphatic carbocycles. The van der Waals surface area contributed by atoms with E-state index in [-0.39, 0.29) is 18.1 Å². The van der Waals surface area contributed by atoms with Gasteiger partial charge < -0.3 is 0 Å². The summed E-state index contributed by atoms with van der Waals surface area (Å²) in [6.45, 7) is 0. The third-order valence-electron chi connectivity index (χ3n) is 2.86. The van der Waals surface area contributed by atoms with Gasteiger partial charge in [0.05, 0.1) is 11.9 Å². The van der Waals surface area contributed by atoms with E-state index >= 15 is 0 Å². The van der Waals surface area contributed by atoms with Gasteiger partial charge in [-0.25, -0.2) is 4.39 Å². The zero-order valence-electron chi connectivity index (χ0n) is 9.95. The molecule has 0 saturated heterocycles. The number of benzene rings is 2. The fourth-order valence-corrected chi connectivity index (χ4v) is 1.90. The van der Waals surface area contributed by atoms with Crippen LogP contribution in [0.25, 0.3) is 11.0 Å². The SMILES string of the molecule is O=C(Cc1ccc(F)cc1)n1nnc2ccccc21. The highest BCUT2D eigenvalue weighted by molar-refractivity contribution is 5.89. The molecule has 0 fully saturated rings. The minimum atomic E-state index is -0.317. The second-order valence-electron chi connectivity index (χ2n) is 4.19. The first-order valence-corrected chi connectivity index (χ1v) is 5.82. The molecule has 4 nitrogen and oxygen atoms in total. The number of carbonyl (C=O) groups excluding carboxylic acids is 1. The van der Waals surface area contributed by atoms with Crippen molar-refractivity contribution in [1.82, 2.24) is 15.0 Å². The second kappa shape index (κ2) is 4.61. The predicted octanol–water partition coefficient (Wildman–Crippen LogP) is 2.45. The van der Waals surface area contributed by atoms with E-state index in [4.69, 9.17) is 0 Å². The fourth-order valence-electron chi connectivity index (χ4n) is 1.90. The fraction of sp³-hybridized carbons (Fsp3) is 0.0714. The zero-order chi connectivity index (χ0) is 13.2. The molecule has 3 aromatic rings. The molecule has 3 rings (SSSR count). The number of para-hydroxylation sites is 1. The Morgan fingerprint density at radius 1 is 1.11 bits per heavy atom. The first kappa shape index (κ1) is 11.5. The van der Waals surface area contributed by atoms with E-state index in [2.05, 4.69) is 10.3 Å². The van der Waals surface area contributed by atoms with E-state index in [1.165, 1.54) is 16.8 Å². The number of carbonyl (C=O) groups is 1. The maximum atomic E-state index is 12.8. The first-order valence-electron chi connectivity index (χ1n) is 5.82. The molecule has 0 bridgehead atoms. The van der Waals surface area contributed by atoms with E-state index in [0.717, 1.165) is 5.56 Å². The van der Waals surface area contributed by atoms with Gasteiger partial charge in [-0.05, 0) is 29.8 Å². The minimum absolute atomic E-state index is 0.160. The normalized spacial score (nSPS) is 10.8. The largest absolute Gasteiger partial charge is 0.272 e. The number of fused-ring (bicyclic) bond motifs is 1. The molecule has 0 aliphatic heterocycles. The van der Waals surface area contributed by atoms with Gasteiger partial charge in [0, 0.05) is 0 Å². The molecule has 2 aromatic carbocycles. The topological polar surface area (TPSA) is 47.8 Å². The van der Waals surface area contributed by atoms with Gasteiger partial charge in [0.2, 0.25) is 0 Å². The third kappa shape index (κ3) is 2.22. The van der Waals surface area contributed by atoms with E-state index in [0.29, 0.717) is 11.0 Å². The van der Waals surface area contributed by atoms with Crippen molar-refractivity contribution < 1.29 is 9.18 Å². The number of nitrogens with zero attached hydrogens (tertiary/aromatic N) is 3. The summed E-state index contributed by atoms with van der Waals surface area (Å²) in [5, 5.41) is 7.78. The van der Waals surface area contributed by atoms with Gasteiger partial charge in [-0.3, -0.25) is 4.79 Å². The molecule has 0 aliphatic rings. The molecular formula is C14H10FN3O. The Morgan fingerprint density at radius 2 is 1.84 bits per heavy atom. The number of hydrogen-bond donors (Lipinski definition) is 0. The summed E-state index contributed by atoms with van der Waals surface area (Å²) in [6.07, 6.45) is 0.160. The van der Waals surface area contributed by atoms with Crippen LogP contribution in [0.15, 0.2) is 48.5 Å². The van der Waals surface area contributed by atoms with Crippen molar-refractivity contribution in [3.8, 4) is 0 Å². The van der Waals surface area contributed by atoms with Gasteiger partial charge in [-0.1, -0.05) is 29.5 Å². The van der Waals surface area contributed by atoms with E-state index < -0.39 is 0 Å². The Kier molecular flexibility index (Phi) is 2.79. The van der Waals surface area contributed by atoms with Crippen LogP contribution >= 0.6 is 0 Å². The third-order valence-corrected chi connectivity index (χ3v) is 2.86. The molecule has 0 spiro atoms. The Hall–Kier alpha value is -2.56. The van der Waals surface area contributed by atoms with Gasteiger partial charge in [0.15, 0.2) is 0 Å². The molecule has 0 N–H and O–H groups in total. The van der Waals surface area contributed by atoms with Crippen LogP contribution in [-0.2, 0) is 6.42 Å². The van der Waals surface area contributed by atoms with Crippen molar-refractivity contribution in [2.75, 3.05) is 0 Å². The molecule has 0 unspecified atom stereocenters. The lowest BCUT2D eigenvalue weighted by molar-refractivity contribution is 0.0901. The lowest BCUT2D eigenvalue weighted by Gasteiger charge is -2.01. The van der Waals surface area contributed by atoms with E-state index in [9.17, 15) is 9.18 Å². The summed E-state index contributed by atoms with van der Waals surface area (Å²) in [5.41, 5.74) is 2.09. The number of hydrogen-bond acceptors (Lipinski definition) is 3. The van der Waals surface area contributed by atoms with Gasteiger partial charge >= 0.3 is 0 Å². The van der Waals surface area contributed by atoms with Gasteiger partial charge in [0.1, 0.15) is 11.3 Å². The zero-order valence-corrected chi connectivity index (χ0v) is 9.95. The van der Waals surface area contributed by atoms with Crippen molar-refractivity contribution in [1.29, 1.82) is 0 Å². The van der Waals surface area contributed by atoms with Crippen molar-refractivity contribution in [3.05, 3.63) is 59.9 Å². The van der Waals surface area contributed by atoms with E-state index in [1.54, 1.807) is 24.3 Å². The van der Waals surface area contributed by atoms with Crippen LogP contribution < -0.4 is 0 Å². The molecular weight excluding hydrogens is 245 g/mol. The Morgan fingerprint density at radius 3 is 2.63 bits per heavy atom. The Labute approximate surface area is 108 Å². The molecule has 0 amide bonds. The smallest absolute Gasteiger partial charge is 0.253 e. The van der Waals surface area contributed by atoms with Crippen molar-refractivity contribution >= 4 is 16.9 Å². The second-order valence-corrected chi connectivity index (χ2v) is 4.19. The summed E-state index contributed by atoms with van der Waals surface area (Å²) in [5.74, 6) is -0.511. The van der Waals surface area contributed by atoms with Crippen molar-refractivity contribution in [2.24, 2.45) is 0 Å². The highest BCUT2D eigenvalue weighted by Crippen LogP contribution is 2.11. The predicted molar refractivity (Wildman–Crippen MR) is 68.3 cm³/mol. The van der Waals surface area contributed by atoms with E-state index in [1.807, 2.05) is 12.1 Å². The van der Waals surface area contributed by atoms with Crippen LogP contribution in [0.5, 0.6) is 0 Å². The minimum Gasteiger partial charge on any atom is -0.272 e. The number of rotatable bonds is 2. The summed E-state index contributed by atoms with van der Waals surface area (Å²) < 4.78 is 14.1. The molecule has 1 heterocycles. The van der Waals surface area contributed by atoms with Crippen LogP contribution in [0.1, 0.15) is 10.4 Å². The van der Waals surface area contributed by atoms with Gasteiger partial charge in [0.25, 0.3) is 5.91 Å². The Bertz CT molecular complexity index is 734. The van der Waals surface area contributed by atoms with Crippen LogP contribution in [-0.4, -0.2) is 20.9 Å². The maximum Gasteiger partial charge on any atom is 0.253 e. The van der Waals surface area contributed by atoms with Crippen LogP contribution in [0.2, 0.25) is 0 Å². The molecule has 5 heteroatoms. The molecule has 0 atom stereocenters. The highest BCUT2D eigenvalue weighted by Gasteiger charge is 2.12. The number of halogens is 1. The quantitative estimate of drug-likeness (QED) is 0.706. The van der Waals surface area contributed by atoms with Crippen LogP contribution in [0.4, 0.5) is 4.39 Å². The summed E-state index contributed by atoms with van der Waals surface area (Å²) in [4.78, 5) is 12.1. The molecule has 1 aromatic heterocycles. The average Bonchev–Trinajstić information content (AvgIpc) is 2.85. The molecule has 0 saturated carbocycles. The summed E-state index contributed by atoms with van der Waals surface area (Å²) in [6, 6.07) is 13.1. The molecule has 94 valence electrons. The summed E-state index contributed by atoms with van der Waals surface area (Å²) >= 11 is 0. The average molecular weight is 255 g/mol. The van der Waals surface area contributed by atoms with Crippen LogP contribution in [0, 0.1) is 5.82 Å². The lowest BCUT2D eigenvalue weighted by Crippen LogP contribution is -2.15.